The van der Waals surface area contributed by atoms with E-state index < -0.39 is 16.9 Å². The highest BCUT2D eigenvalue weighted by atomic mass is 35.5. The first kappa shape index (κ1) is 17.8. The number of benzene rings is 1. The number of aromatic nitrogens is 2. The lowest BCUT2D eigenvalue weighted by Crippen LogP contribution is -2.33. The van der Waals surface area contributed by atoms with Gasteiger partial charge in [0.15, 0.2) is 0 Å². The third-order valence-corrected chi connectivity index (χ3v) is 5.39. The molecule has 1 atom stereocenters. The summed E-state index contributed by atoms with van der Waals surface area (Å²) in [5, 5.41) is 14.1. The number of carboxylic acids is 1. The molecule has 2 aromatic rings. The molecule has 0 spiro atoms. The first-order chi connectivity index (χ1) is 11.7. The topological polar surface area (TPSA) is 75.4 Å². The average molecular weight is 382 g/mol. The van der Waals surface area contributed by atoms with E-state index in [9.17, 15) is 14.7 Å². The number of rotatable bonds is 3. The van der Waals surface area contributed by atoms with Gasteiger partial charge in [-0.15, -0.1) is 0 Å². The minimum atomic E-state index is -0.860. The fraction of sp³-hybridized carbons (Fsp3) is 0.353. The molecule has 1 aromatic heterocycles. The van der Waals surface area contributed by atoms with Crippen molar-refractivity contribution in [2.45, 2.75) is 20.3 Å². The second kappa shape index (κ2) is 6.35. The average Bonchev–Trinajstić information content (AvgIpc) is 2.96. The van der Waals surface area contributed by atoms with Gasteiger partial charge in [-0.3, -0.25) is 9.59 Å². The summed E-state index contributed by atoms with van der Waals surface area (Å²) in [7, 11) is 0. The monoisotopic (exact) mass is 381 g/mol. The van der Waals surface area contributed by atoms with Crippen molar-refractivity contribution in [2.75, 3.05) is 18.0 Å². The molecule has 1 fully saturated rings. The lowest BCUT2D eigenvalue weighted by Gasteiger charge is -2.22. The molecule has 2 heterocycles. The molecular weight excluding hydrogens is 365 g/mol. The van der Waals surface area contributed by atoms with Gasteiger partial charge in [0.25, 0.3) is 5.56 Å². The summed E-state index contributed by atoms with van der Waals surface area (Å²) in [5.74, 6) is -0.860. The maximum Gasteiger partial charge on any atom is 0.311 e. The van der Waals surface area contributed by atoms with Crippen molar-refractivity contribution in [3.8, 4) is 5.69 Å². The Hall–Kier alpha value is -2.05. The van der Waals surface area contributed by atoms with Gasteiger partial charge in [-0.2, -0.15) is 9.78 Å². The first-order valence-corrected chi connectivity index (χ1v) is 8.51. The number of hydrogen-bond donors (Lipinski definition) is 1. The van der Waals surface area contributed by atoms with E-state index in [-0.39, 0.29) is 11.6 Å². The van der Waals surface area contributed by atoms with Crippen molar-refractivity contribution < 1.29 is 9.90 Å². The van der Waals surface area contributed by atoms with Crippen LogP contribution in [-0.4, -0.2) is 33.9 Å². The van der Waals surface area contributed by atoms with Crippen LogP contribution in [0.3, 0.4) is 0 Å². The molecule has 6 nitrogen and oxygen atoms in total. The minimum absolute atomic E-state index is 0.0151. The summed E-state index contributed by atoms with van der Waals surface area (Å²) in [6.45, 7) is 4.34. The van der Waals surface area contributed by atoms with Gasteiger partial charge in [-0.05, 0) is 38.0 Å². The largest absolute Gasteiger partial charge is 0.481 e. The third-order valence-electron chi connectivity index (χ3n) is 4.63. The standard InChI is InChI=1S/C17H17Cl2N3O3/c1-10-3-4-11(7-12(10)18)22-15(23)14(19)13(8-20-22)21-6-5-17(2,9-21)16(24)25/h3-4,7-8H,5-6,9H2,1-2H3,(H,24,25). The van der Waals surface area contributed by atoms with Crippen molar-refractivity contribution in [1.82, 2.24) is 9.78 Å². The zero-order chi connectivity index (χ0) is 18.4. The van der Waals surface area contributed by atoms with Gasteiger partial charge in [0, 0.05) is 18.1 Å². The Bertz CT molecular complexity index is 912. The predicted molar refractivity (Wildman–Crippen MR) is 97.2 cm³/mol. The van der Waals surface area contributed by atoms with Crippen LogP contribution in [0, 0.1) is 12.3 Å². The van der Waals surface area contributed by atoms with Crippen molar-refractivity contribution in [2.24, 2.45) is 5.41 Å². The quantitative estimate of drug-likeness (QED) is 0.883. The lowest BCUT2D eigenvalue weighted by atomic mass is 9.90. The summed E-state index contributed by atoms with van der Waals surface area (Å²) >= 11 is 12.4. The fourth-order valence-electron chi connectivity index (χ4n) is 2.88. The smallest absolute Gasteiger partial charge is 0.311 e. The van der Waals surface area contributed by atoms with Crippen LogP contribution >= 0.6 is 23.2 Å². The molecule has 0 radical (unpaired) electrons. The van der Waals surface area contributed by atoms with Crippen molar-refractivity contribution >= 4 is 34.9 Å². The SMILES string of the molecule is Cc1ccc(-n2ncc(N3CCC(C)(C(=O)O)C3)c(Cl)c2=O)cc1Cl. The maximum absolute atomic E-state index is 12.6. The van der Waals surface area contributed by atoms with Crippen molar-refractivity contribution in [3.05, 3.63) is 50.4 Å². The second-order valence-electron chi connectivity index (χ2n) is 6.53. The Labute approximate surface area is 154 Å². The molecular formula is C17H17Cl2N3O3. The highest BCUT2D eigenvalue weighted by molar-refractivity contribution is 6.33. The van der Waals surface area contributed by atoms with Crippen LogP contribution in [0.2, 0.25) is 10.0 Å². The summed E-state index contributed by atoms with van der Waals surface area (Å²) in [6, 6.07) is 5.19. The molecule has 0 bridgehead atoms. The van der Waals surface area contributed by atoms with Gasteiger partial charge in [-0.1, -0.05) is 29.3 Å². The maximum atomic E-state index is 12.6. The summed E-state index contributed by atoms with van der Waals surface area (Å²) in [6.07, 6.45) is 1.97. The van der Waals surface area contributed by atoms with E-state index in [4.69, 9.17) is 23.2 Å². The van der Waals surface area contributed by atoms with Crippen molar-refractivity contribution in [3.63, 3.8) is 0 Å². The fourth-order valence-corrected chi connectivity index (χ4v) is 3.31. The van der Waals surface area contributed by atoms with Crippen LogP contribution in [0.25, 0.3) is 5.69 Å². The molecule has 1 unspecified atom stereocenters. The number of halogens is 2. The molecule has 0 amide bonds. The number of carboxylic acid groups (broad SMARTS) is 1. The molecule has 1 saturated heterocycles. The van der Waals surface area contributed by atoms with Crippen LogP contribution in [0.1, 0.15) is 18.9 Å². The van der Waals surface area contributed by atoms with E-state index >= 15 is 0 Å². The van der Waals surface area contributed by atoms with Gasteiger partial charge in [0.05, 0.1) is 23.0 Å². The zero-order valence-corrected chi connectivity index (χ0v) is 15.3. The Morgan fingerprint density at radius 2 is 2.08 bits per heavy atom. The van der Waals surface area contributed by atoms with E-state index in [0.717, 1.165) is 5.56 Å². The lowest BCUT2D eigenvalue weighted by molar-refractivity contribution is -0.146. The summed E-state index contributed by atoms with van der Waals surface area (Å²) in [5.41, 5.74) is 0.536. The summed E-state index contributed by atoms with van der Waals surface area (Å²) < 4.78 is 1.18. The predicted octanol–water partition coefficient (Wildman–Crippen LogP) is 3.15. The molecule has 1 N–H and O–H groups in total. The molecule has 1 aliphatic heterocycles. The van der Waals surface area contributed by atoms with Crippen LogP contribution in [0.4, 0.5) is 5.69 Å². The highest BCUT2D eigenvalue weighted by Gasteiger charge is 2.41. The minimum Gasteiger partial charge on any atom is -0.481 e. The highest BCUT2D eigenvalue weighted by Crippen LogP contribution is 2.35. The van der Waals surface area contributed by atoms with Gasteiger partial charge >= 0.3 is 5.97 Å². The first-order valence-electron chi connectivity index (χ1n) is 7.76. The number of aryl methyl sites for hydroxylation is 1. The van der Waals surface area contributed by atoms with E-state index in [1.807, 2.05) is 6.92 Å². The van der Waals surface area contributed by atoms with Crippen LogP contribution in [-0.2, 0) is 4.79 Å². The van der Waals surface area contributed by atoms with Gasteiger partial charge in [0.2, 0.25) is 0 Å². The summed E-state index contributed by atoms with van der Waals surface area (Å²) in [4.78, 5) is 25.8. The number of anilines is 1. The Balaban J connectivity index is 1.98. The van der Waals surface area contributed by atoms with E-state index in [2.05, 4.69) is 5.10 Å². The molecule has 0 saturated carbocycles. The molecule has 132 valence electrons. The molecule has 1 aliphatic rings. The molecule has 3 rings (SSSR count). The van der Waals surface area contributed by atoms with Gasteiger partial charge < -0.3 is 10.0 Å². The van der Waals surface area contributed by atoms with Crippen molar-refractivity contribution in [1.29, 1.82) is 0 Å². The Kier molecular flexibility index (Phi) is 4.51. The zero-order valence-electron chi connectivity index (χ0n) is 13.8. The molecule has 25 heavy (non-hydrogen) atoms. The molecule has 0 aliphatic carbocycles. The van der Waals surface area contributed by atoms with E-state index in [1.165, 1.54) is 10.9 Å². The molecule has 1 aromatic carbocycles. The van der Waals surface area contributed by atoms with Crippen LogP contribution in [0.5, 0.6) is 0 Å². The Morgan fingerprint density at radius 3 is 2.68 bits per heavy atom. The Morgan fingerprint density at radius 1 is 1.36 bits per heavy atom. The van der Waals surface area contributed by atoms with Crippen LogP contribution in [0.15, 0.2) is 29.2 Å². The van der Waals surface area contributed by atoms with Gasteiger partial charge in [0.1, 0.15) is 5.02 Å². The number of aliphatic carboxylic acids is 1. The number of nitrogens with zero attached hydrogens (tertiary/aromatic N) is 3. The normalized spacial score (nSPS) is 20.1. The number of hydrogen-bond acceptors (Lipinski definition) is 4. The second-order valence-corrected chi connectivity index (χ2v) is 7.32. The van der Waals surface area contributed by atoms with E-state index in [0.29, 0.717) is 29.4 Å². The van der Waals surface area contributed by atoms with Crippen LogP contribution < -0.4 is 10.5 Å². The third kappa shape index (κ3) is 3.12. The van der Waals surface area contributed by atoms with Gasteiger partial charge in [-0.25, -0.2) is 0 Å². The van der Waals surface area contributed by atoms with E-state index in [1.54, 1.807) is 30.0 Å². The molecule has 8 heteroatoms. The number of carbonyl (C=O) groups is 1.